The SMILES string of the molecule is CC(C)(C)c1ccc(OCCN2CCC(CN)CC2)cc1. The standard InChI is InChI=1S/C18H30N2O/c1-18(2,3)16-4-6-17(7-5-16)21-13-12-20-10-8-15(14-19)9-11-20/h4-7,15H,8-14,19H2,1-3H3. The zero-order chi connectivity index (χ0) is 15.3. The number of nitrogens with zero attached hydrogens (tertiary/aromatic N) is 1. The third-order valence-corrected chi connectivity index (χ3v) is 4.44. The van der Waals surface area contributed by atoms with E-state index < -0.39 is 0 Å². The van der Waals surface area contributed by atoms with E-state index >= 15 is 0 Å². The minimum atomic E-state index is 0.200. The van der Waals surface area contributed by atoms with Gasteiger partial charge in [0.2, 0.25) is 0 Å². The van der Waals surface area contributed by atoms with Crippen LogP contribution in [0.25, 0.3) is 0 Å². The predicted molar refractivity (Wildman–Crippen MR) is 88.9 cm³/mol. The molecule has 0 radical (unpaired) electrons. The Bertz CT molecular complexity index is 414. The zero-order valence-electron chi connectivity index (χ0n) is 13.8. The predicted octanol–water partition coefficient (Wildman–Crippen LogP) is 3.03. The van der Waals surface area contributed by atoms with Gasteiger partial charge in [0.1, 0.15) is 12.4 Å². The first-order valence-corrected chi connectivity index (χ1v) is 8.15. The van der Waals surface area contributed by atoms with Crippen molar-refractivity contribution in [2.75, 3.05) is 32.8 Å². The quantitative estimate of drug-likeness (QED) is 0.906. The van der Waals surface area contributed by atoms with Crippen LogP contribution in [0.2, 0.25) is 0 Å². The molecule has 3 nitrogen and oxygen atoms in total. The first-order chi connectivity index (χ1) is 9.99. The van der Waals surface area contributed by atoms with Crippen LogP contribution in [0.5, 0.6) is 5.75 Å². The van der Waals surface area contributed by atoms with Gasteiger partial charge in [-0.1, -0.05) is 32.9 Å². The van der Waals surface area contributed by atoms with Crippen molar-refractivity contribution < 1.29 is 4.74 Å². The molecule has 0 aromatic heterocycles. The van der Waals surface area contributed by atoms with E-state index in [9.17, 15) is 0 Å². The lowest BCUT2D eigenvalue weighted by Crippen LogP contribution is -2.38. The van der Waals surface area contributed by atoms with Crippen molar-refractivity contribution in [2.24, 2.45) is 11.7 Å². The molecular formula is C18H30N2O. The highest BCUT2D eigenvalue weighted by Crippen LogP contribution is 2.24. The van der Waals surface area contributed by atoms with Crippen LogP contribution < -0.4 is 10.5 Å². The normalized spacial score (nSPS) is 17.9. The molecule has 2 rings (SSSR count). The summed E-state index contributed by atoms with van der Waals surface area (Å²) in [5.74, 6) is 1.70. The Kier molecular flexibility index (Phi) is 5.65. The fourth-order valence-electron chi connectivity index (χ4n) is 2.79. The van der Waals surface area contributed by atoms with E-state index in [1.807, 2.05) is 0 Å². The molecule has 0 aliphatic carbocycles. The molecule has 3 heteroatoms. The first kappa shape index (κ1) is 16.3. The monoisotopic (exact) mass is 290 g/mol. The van der Waals surface area contributed by atoms with Crippen molar-refractivity contribution >= 4 is 0 Å². The van der Waals surface area contributed by atoms with Gasteiger partial charge in [-0.15, -0.1) is 0 Å². The average molecular weight is 290 g/mol. The summed E-state index contributed by atoms with van der Waals surface area (Å²) >= 11 is 0. The zero-order valence-corrected chi connectivity index (χ0v) is 13.8. The Morgan fingerprint density at radius 2 is 1.76 bits per heavy atom. The van der Waals surface area contributed by atoms with E-state index in [-0.39, 0.29) is 5.41 Å². The number of benzene rings is 1. The number of ether oxygens (including phenoxy) is 1. The molecule has 0 unspecified atom stereocenters. The lowest BCUT2D eigenvalue weighted by atomic mass is 9.87. The summed E-state index contributed by atoms with van der Waals surface area (Å²) in [7, 11) is 0. The minimum absolute atomic E-state index is 0.200. The first-order valence-electron chi connectivity index (χ1n) is 8.15. The van der Waals surface area contributed by atoms with Gasteiger partial charge in [0.15, 0.2) is 0 Å². The topological polar surface area (TPSA) is 38.5 Å². The van der Waals surface area contributed by atoms with Gasteiger partial charge in [0, 0.05) is 6.54 Å². The molecule has 1 saturated heterocycles. The summed E-state index contributed by atoms with van der Waals surface area (Å²) < 4.78 is 5.86. The molecule has 1 fully saturated rings. The van der Waals surface area contributed by atoms with Gasteiger partial charge in [0.25, 0.3) is 0 Å². The van der Waals surface area contributed by atoms with Crippen LogP contribution in [-0.2, 0) is 5.41 Å². The molecule has 0 spiro atoms. The molecule has 0 amide bonds. The Labute approximate surface area is 129 Å². The number of nitrogens with two attached hydrogens (primary N) is 1. The Morgan fingerprint density at radius 1 is 1.14 bits per heavy atom. The number of hydrogen-bond acceptors (Lipinski definition) is 3. The maximum absolute atomic E-state index is 5.86. The average Bonchev–Trinajstić information content (AvgIpc) is 2.47. The van der Waals surface area contributed by atoms with E-state index in [0.717, 1.165) is 44.5 Å². The third-order valence-electron chi connectivity index (χ3n) is 4.44. The molecule has 1 aliphatic rings. The summed E-state index contributed by atoms with van der Waals surface area (Å²) in [4.78, 5) is 2.48. The van der Waals surface area contributed by atoms with Crippen LogP contribution in [0.4, 0.5) is 0 Å². The van der Waals surface area contributed by atoms with Crippen molar-refractivity contribution in [3.63, 3.8) is 0 Å². The van der Waals surface area contributed by atoms with Gasteiger partial charge in [-0.2, -0.15) is 0 Å². The van der Waals surface area contributed by atoms with Gasteiger partial charge in [-0.3, -0.25) is 4.90 Å². The fraction of sp³-hybridized carbons (Fsp3) is 0.667. The summed E-state index contributed by atoms with van der Waals surface area (Å²) in [6.07, 6.45) is 2.47. The van der Waals surface area contributed by atoms with Crippen molar-refractivity contribution in [1.29, 1.82) is 0 Å². The van der Waals surface area contributed by atoms with Crippen LogP contribution in [0, 0.1) is 5.92 Å². The number of rotatable bonds is 5. The Balaban J connectivity index is 1.72. The van der Waals surface area contributed by atoms with Gasteiger partial charge >= 0.3 is 0 Å². The number of piperidine rings is 1. The molecular weight excluding hydrogens is 260 g/mol. The fourth-order valence-corrected chi connectivity index (χ4v) is 2.79. The summed E-state index contributed by atoms with van der Waals surface area (Å²) in [6, 6.07) is 8.51. The van der Waals surface area contributed by atoms with Gasteiger partial charge in [0.05, 0.1) is 0 Å². The van der Waals surface area contributed by atoms with Crippen molar-refractivity contribution in [3.8, 4) is 5.75 Å². The molecule has 0 atom stereocenters. The molecule has 0 saturated carbocycles. The molecule has 118 valence electrons. The molecule has 1 aliphatic heterocycles. The maximum Gasteiger partial charge on any atom is 0.119 e. The summed E-state index contributed by atoms with van der Waals surface area (Å²) in [6.45, 7) is 11.6. The molecule has 21 heavy (non-hydrogen) atoms. The highest BCUT2D eigenvalue weighted by molar-refractivity contribution is 5.31. The smallest absolute Gasteiger partial charge is 0.119 e. The lowest BCUT2D eigenvalue weighted by Gasteiger charge is -2.31. The van der Waals surface area contributed by atoms with Crippen molar-refractivity contribution in [3.05, 3.63) is 29.8 Å². The summed E-state index contributed by atoms with van der Waals surface area (Å²) in [5, 5.41) is 0. The van der Waals surface area contributed by atoms with E-state index in [4.69, 9.17) is 10.5 Å². The number of hydrogen-bond donors (Lipinski definition) is 1. The van der Waals surface area contributed by atoms with Crippen molar-refractivity contribution in [1.82, 2.24) is 4.90 Å². The molecule has 1 heterocycles. The molecule has 2 N–H and O–H groups in total. The summed E-state index contributed by atoms with van der Waals surface area (Å²) in [5.41, 5.74) is 7.27. The van der Waals surface area contributed by atoms with Crippen LogP contribution in [-0.4, -0.2) is 37.7 Å². The highest BCUT2D eigenvalue weighted by atomic mass is 16.5. The highest BCUT2D eigenvalue weighted by Gasteiger charge is 2.17. The van der Waals surface area contributed by atoms with Gasteiger partial charge in [-0.05, 0) is 61.5 Å². The molecule has 1 aromatic carbocycles. The van der Waals surface area contributed by atoms with Crippen LogP contribution in [0.1, 0.15) is 39.2 Å². The largest absolute Gasteiger partial charge is 0.492 e. The molecule has 1 aromatic rings. The van der Waals surface area contributed by atoms with Gasteiger partial charge in [-0.25, -0.2) is 0 Å². The van der Waals surface area contributed by atoms with E-state index in [1.165, 1.54) is 18.4 Å². The Morgan fingerprint density at radius 3 is 2.29 bits per heavy atom. The molecule has 0 bridgehead atoms. The van der Waals surface area contributed by atoms with Crippen LogP contribution in [0.3, 0.4) is 0 Å². The van der Waals surface area contributed by atoms with Crippen LogP contribution >= 0.6 is 0 Å². The van der Waals surface area contributed by atoms with Crippen molar-refractivity contribution in [2.45, 2.75) is 39.0 Å². The van der Waals surface area contributed by atoms with Gasteiger partial charge < -0.3 is 10.5 Å². The second-order valence-electron chi connectivity index (χ2n) is 7.14. The van der Waals surface area contributed by atoms with E-state index in [2.05, 4.69) is 49.9 Å². The lowest BCUT2D eigenvalue weighted by molar-refractivity contribution is 0.157. The third kappa shape index (κ3) is 5.01. The van der Waals surface area contributed by atoms with E-state index in [1.54, 1.807) is 0 Å². The number of likely N-dealkylation sites (tertiary alicyclic amines) is 1. The minimum Gasteiger partial charge on any atom is -0.492 e. The van der Waals surface area contributed by atoms with E-state index in [0.29, 0.717) is 0 Å². The Hall–Kier alpha value is -1.06. The van der Waals surface area contributed by atoms with Crippen LogP contribution in [0.15, 0.2) is 24.3 Å². The second-order valence-corrected chi connectivity index (χ2v) is 7.14. The maximum atomic E-state index is 5.86. The second kappa shape index (κ2) is 7.28.